The predicted octanol–water partition coefficient (Wildman–Crippen LogP) is 4.56. The third-order valence-electron chi connectivity index (χ3n) is 4.01. The summed E-state index contributed by atoms with van der Waals surface area (Å²) >= 11 is 0. The predicted molar refractivity (Wildman–Crippen MR) is 94.8 cm³/mol. The molecule has 0 radical (unpaired) electrons. The van der Waals surface area contributed by atoms with Gasteiger partial charge in [-0.3, -0.25) is 9.78 Å². The maximum Gasteiger partial charge on any atom is 0.314 e. The average molecular weight is 324 g/mol. The number of pyridine rings is 1. The van der Waals surface area contributed by atoms with Gasteiger partial charge in [0.2, 0.25) is 0 Å². The maximum absolute atomic E-state index is 12.7. The molecular formula is C20H24N2O2. The molecule has 0 aliphatic rings. The first-order valence-electron chi connectivity index (χ1n) is 8.22. The van der Waals surface area contributed by atoms with E-state index in [4.69, 9.17) is 4.74 Å². The molecule has 0 spiro atoms. The van der Waals surface area contributed by atoms with Gasteiger partial charge in [0, 0.05) is 16.6 Å². The maximum atomic E-state index is 12.7. The summed E-state index contributed by atoms with van der Waals surface area (Å²) in [5.74, 6) is -0.797. The summed E-state index contributed by atoms with van der Waals surface area (Å²) in [6.45, 7) is 11.3. The third kappa shape index (κ3) is 3.41. The Kier molecular flexibility index (Phi) is 4.94. The number of carbonyl (C=O) groups is 1. The van der Waals surface area contributed by atoms with Gasteiger partial charge in [-0.1, -0.05) is 25.1 Å². The fraction of sp³-hybridized carbons (Fsp3) is 0.450. The highest BCUT2D eigenvalue weighted by Crippen LogP contribution is 2.33. The van der Waals surface area contributed by atoms with Gasteiger partial charge in [0.25, 0.3) is 0 Å². The summed E-state index contributed by atoms with van der Waals surface area (Å²) in [6, 6.07) is 8.06. The summed E-state index contributed by atoms with van der Waals surface area (Å²) in [5, 5.41) is 10.6. The molecule has 4 nitrogen and oxygen atoms in total. The van der Waals surface area contributed by atoms with Crippen molar-refractivity contribution < 1.29 is 9.53 Å². The first-order valence-corrected chi connectivity index (χ1v) is 8.22. The smallest absolute Gasteiger partial charge is 0.314 e. The molecule has 1 heterocycles. The molecule has 0 fully saturated rings. The summed E-state index contributed by atoms with van der Waals surface area (Å²) in [4.78, 5) is 17.3. The summed E-state index contributed by atoms with van der Waals surface area (Å²) in [6.07, 6.45) is 0.559. The van der Waals surface area contributed by atoms with Crippen molar-refractivity contribution in [3.63, 3.8) is 0 Å². The lowest BCUT2D eigenvalue weighted by molar-refractivity contribution is -0.156. The molecule has 1 unspecified atom stereocenters. The molecule has 2 rings (SSSR count). The largest absolute Gasteiger partial charge is 0.459 e. The van der Waals surface area contributed by atoms with Gasteiger partial charge in [-0.15, -0.1) is 0 Å². The average Bonchev–Trinajstić information content (AvgIpc) is 2.47. The number of esters is 1. The van der Waals surface area contributed by atoms with Crippen LogP contribution in [0.5, 0.6) is 0 Å². The number of nitrogens with zero attached hydrogens (tertiary/aromatic N) is 2. The molecule has 2 aromatic rings. The van der Waals surface area contributed by atoms with Gasteiger partial charge in [-0.25, -0.2) is 0 Å². The van der Waals surface area contributed by atoms with Crippen LogP contribution in [0.2, 0.25) is 0 Å². The van der Waals surface area contributed by atoms with Crippen LogP contribution < -0.4 is 0 Å². The van der Waals surface area contributed by atoms with Crippen LogP contribution in [0, 0.1) is 25.2 Å². The van der Waals surface area contributed by atoms with Crippen molar-refractivity contribution in [3.8, 4) is 6.07 Å². The molecule has 1 atom stereocenters. The Balaban J connectivity index is 2.68. The Morgan fingerprint density at radius 1 is 1.33 bits per heavy atom. The molecule has 0 N–H and O–H groups in total. The lowest BCUT2D eigenvalue weighted by atomic mass is 9.88. The fourth-order valence-electron chi connectivity index (χ4n) is 2.97. The Morgan fingerprint density at radius 2 is 2.00 bits per heavy atom. The van der Waals surface area contributed by atoms with Gasteiger partial charge in [0.05, 0.1) is 17.0 Å². The molecule has 126 valence electrons. The van der Waals surface area contributed by atoms with E-state index >= 15 is 0 Å². The van der Waals surface area contributed by atoms with E-state index in [1.165, 1.54) is 0 Å². The normalized spacial score (nSPS) is 12.7. The fourth-order valence-corrected chi connectivity index (χ4v) is 2.97. The standard InChI is InChI=1S/C20H24N2O2/c1-7-14(19(23)24-20(4,5)6)17-13(3)22-18-12(2)9-8-10-15(18)16(17)11-21/h8-10,14H,7H2,1-6H3. The molecule has 1 aromatic heterocycles. The number of benzene rings is 1. The number of rotatable bonds is 3. The van der Waals surface area contributed by atoms with Gasteiger partial charge in [0.1, 0.15) is 11.7 Å². The van der Waals surface area contributed by atoms with Crippen LogP contribution in [0.3, 0.4) is 0 Å². The van der Waals surface area contributed by atoms with Crippen molar-refractivity contribution in [2.75, 3.05) is 0 Å². The minimum atomic E-state index is -0.563. The second-order valence-electron chi connectivity index (χ2n) is 7.06. The quantitative estimate of drug-likeness (QED) is 0.776. The van der Waals surface area contributed by atoms with E-state index in [-0.39, 0.29) is 5.97 Å². The molecular weight excluding hydrogens is 300 g/mol. The lowest BCUT2D eigenvalue weighted by Crippen LogP contribution is -2.28. The molecule has 0 bridgehead atoms. The number of carbonyl (C=O) groups excluding carboxylic acids is 1. The highest BCUT2D eigenvalue weighted by atomic mass is 16.6. The number of ether oxygens (including phenoxy) is 1. The van der Waals surface area contributed by atoms with Crippen LogP contribution in [0.15, 0.2) is 18.2 Å². The van der Waals surface area contributed by atoms with Crippen LogP contribution in [0.4, 0.5) is 0 Å². The summed E-state index contributed by atoms with van der Waals surface area (Å²) in [7, 11) is 0. The Morgan fingerprint density at radius 3 is 2.54 bits per heavy atom. The zero-order chi connectivity index (χ0) is 18.1. The van der Waals surface area contributed by atoms with Crippen molar-refractivity contribution in [3.05, 3.63) is 40.6 Å². The van der Waals surface area contributed by atoms with Crippen LogP contribution in [0.1, 0.15) is 62.4 Å². The van der Waals surface area contributed by atoms with Gasteiger partial charge in [-0.2, -0.15) is 5.26 Å². The molecule has 0 saturated heterocycles. The van der Waals surface area contributed by atoms with E-state index < -0.39 is 11.5 Å². The van der Waals surface area contributed by atoms with E-state index in [1.807, 2.05) is 59.7 Å². The van der Waals surface area contributed by atoms with Crippen molar-refractivity contribution in [1.29, 1.82) is 5.26 Å². The van der Waals surface area contributed by atoms with Crippen LogP contribution in [-0.4, -0.2) is 16.6 Å². The van der Waals surface area contributed by atoms with Crippen LogP contribution in [0.25, 0.3) is 10.9 Å². The first kappa shape index (κ1) is 17.9. The van der Waals surface area contributed by atoms with Gasteiger partial charge in [-0.05, 0) is 46.6 Å². The number of aryl methyl sites for hydroxylation is 2. The highest BCUT2D eigenvalue weighted by molar-refractivity contribution is 5.91. The second-order valence-corrected chi connectivity index (χ2v) is 7.06. The van der Waals surface area contributed by atoms with E-state index in [1.54, 1.807) is 0 Å². The number of fused-ring (bicyclic) bond motifs is 1. The summed E-state index contributed by atoms with van der Waals surface area (Å²) < 4.78 is 5.56. The number of hydrogen-bond acceptors (Lipinski definition) is 4. The van der Waals surface area contributed by atoms with Crippen molar-refractivity contribution in [2.24, 2.45) is 0 Å². The van der Waals surface area contributed by atoms with Crippen LogP contribution >= 0.6 is 0 Å². The molecule has 0 saturated carbocycles. The molecule has 0 aliphatic carbocycles. The molecule has 24 heavy (non-hydrogen) atoms. The highest BCUT2D eigenvalue weighted by Gasteiger charge is 2.30. The topological polar surface area (TPSA) is 63.0 Å². The molecule has 0 aliphatic heterocycles. The van der Waals surface area contributed by atoms with Gasteiger partial charge < -0.3 is 4.74 Å². The SMILES string of the molecule is CCC(C(=O)OC(C)(C)C)c1c(C)nc2c(C)cccc2c1C#N. The monoisotopic (exact) mass is 324 g/mol. The van der Waals surface area contributed by atoms with Crippen molar-refractivity contribution in [1.82, 2.24) is 4.98 Å². The molecule has 4 heteroatoms. The Bertz CT molecular complexity index is 826. The number of nitriles is 1. The number of hydrogen-bond donors (Lipinski definition) is 0. The minimum absolute atomic E-state index is 0.307. The van der Waals surface area contributed by atoms with Crippen LogP contribution in [-0.2, 0) is 9.53 Å². The first-order chi connectivity index (χ1) is 11.2. The molecule has 1 aromatic carbocycles. The zero-order valence-electron chi connectivity index (χ0n) is 15.2. The Labute approximate surface area is 143 Å². The zero-order valence-corrected chi connectivity index (χ0v) is 15.2. The number of para-hydroxylation sites is 1. The van der Waals surface area contributed by atoms with Crippen molar-refractivity contribution in [2.45, 2.75) is 59.5 Å². The van der Waals surface area contributed by atoms with E-state index in [2.05, 4.69) is 11.1 Å². The second kappa shape index (κ2) is 6.60. The van der Waals surface area contributed by atoms with E-state index in [0.29, 0.717) is 23.2 Å². The summed E-state index contributed by atoms with van der Waals surface area (Å²) in [5.41, 5.74) is 3.20. The lowest BCUT2D eigenvalue weighted by Gasteiger charge is -2.25. The van der Waals surface area contributed by atoms with E-state index in [0.717, 1.165) is 16.5 Å². The molecule has 0 amide bonds. The van der Waals surface area contributed by atoms with Gasteiger partial charge >= 0.3 is 5.97 Å². The number of aromatic nitrogens is 1. The third-order valence-corrected chi connectivity index (χ3v) is 4.01. The Hall–Kier alpha value is -2.41. The van der Waals surface area contributed by atoms with E-state index in [9.17, 15) is 10.1 Å². The van der Waals surface area contributed by atoms with Crippen molar-refractivity contribution >= 4 is 16.9 Å². The minimum Gasteiger partial charge on any atom is -0.459 e. The van der Waals surface area contributed by atoms with Gasteiger partial charge in [0.15, 0.2) is 0 Å².